The van der Waals surface area contributed by atoms with Gasteiger partial charge in [-0.2, -0.15) is 0 Å². The fraction of sp³-hybridized carbons (Fsp3) is 0.174. The molecule has 0 saturated heterocycles. The number of para-hydroxylation sites is 1. The van der Waals surface area contributed by atoms with Crippen molar-refractivity contribution in [2.24, 2.45) is 7.05 Å². The summed E-state index contributed by atoms with van der Waals surface area (Å²) in [6.45, 7) is 1.52. The molecule has 0 bridgehead atoms. The van der Waals surface area contributed by atoms with Crippen LogP contribution in [0, 0.1) is 6.92 Å². The monoisotopic (exact) mass is 481 g/mol. The number of carboxylic acid groups (broad SMARTS) is 1. The molecule has 2 N–H and O–H groups in total. The number of nitrogens with zero attached hydrogens (tertiary/aromatic N) is 1. The van der Waals surface area contributed by atoms with Gasteiger partial charge in [-0.1, -0.05) is 36.1 Å². The molecule has 0 saturated carbocycles. The summed E-state index contributed by atoms with van der Waals surface area (Å²) < 4.78 is 6.93. The number of benzene rings is 2. The number of anilines is 1. The predicted molar refractivity (Wildman–Crippen MR) is 113 cm³/mol. The van der Waals surface area contributed by atoms with Gasteiger partial charge in [0.25, 0.3) is 5.56 Å². The summed E-state index contributed by atoms with van der Waals surface area (Å²) in [7, 11) is 1.45. The van der Waals surface area contributed by atoms with Crippen molar-refractivity contribution in [3.05, 3.63) is 82.3 Å². The maximum Gasteiger partial charge on any atom is 1.00 e. The van der Waals surface area contributed by atoms with E-state index in [0.29, 0.717) is 17.1 Å². The number of aromatic nitrogens is 1. The van der Waals surface area contributed by atoms with E-state index in [1.54, 1.807) is 36.4 Å². The molecule has 0 radical (unpaired) electrons. The van der Waals surface area contributed by atoms with Gasteiger partial charge in [-0.05, 0) is 42.3 Å². The van der Waals surface area contributed by atoms with Crippen molar-refractivity contribution in [1.82, 2.24) is 9.88 Å². The summed E-state index contributed by atoms with van der Waals surface area (Å²) in [5.41, 5.74) is -0.374. The standard InChI is InChI=1S/C23H23N3O6.2Na/c1-14-13-26(2)22(30)20(21(14)29)25-23(31)24-18(12-19(27)28)15-7-6-10-17(11-15)32-16-8-4-3-5-9-16;;/h3-11,13,18,29H,12H2,1-2H3,(H,27,28)(H2,24,25,31);;/q;2*+1/p-2. The zero-order chi connectivity index (χ0) is 23.3. The molecule has 166 valence electrons. The van der Waals surface area contributed by atoms with Crippen LogP contribution in [0.25, 0.3) is 0 Å². The van der Waals surface area contributed by atoms with Gasteiger partial charge < -0.3 is 34.9 Å². The van der Waals surface area contributed by atoms with Gasteiger partial charge in [0, 0.05) is 25.6 Å². The molecule has 0 spiro atoms. The molecule has 9 nitrogen and oxygen atoms in total. The van der Waals surface area contributed by atoms with E-state index >= 15 is 0 Å². The Balaban J connectivity index is 0.00000289. The molecule has 0 aliphatic rings. The molecule has 2 aromatic carbocycles. The van der Waals surface area contributed by atoms with Crippen LogP contribution in [-0.2, 0) is 11.8 Å². The number of rotatable bonds is 7. The van der Waals surface area contributed by atoms with E-state index in [1.165, 1.54) is 24.7 Å². The molecule has 3 aromatic rings. The van der Waals surface area contributed by atoms with Gasteiger partial charge >= 0.3 is 65.1 Å². The predicted octanol–water partition coefficient (Wildman–Crippen LogP) is -4.43. The largest absolute Gasteiger partial charge is 1.00 e. The Kier molecular flexibility index (Phi) is 11.9. The third kappa shape index (κ3) is 7.90. The van der Waals surface area contributed by atoms with Gasteiger partial charge in [-0.15, -0.1) is 0 Å². The number of pyridine rings is 1. The Bertz CT molecular complexity index is 1200. The summed E-state index contributed by atoms with van der Waals surface area (Å²) >= 11 is 0. The van der Waals surface area contributed by atoms with Gasteiger partial charge in [0.1, 0.15) is 17.2 Å². The number of urea groups is 1. The van der Waals surface area contributed by atoms with Crippen LogP contribution in [0.5, 0.6) is 17.2 Å². The number of aliphatic carboxylic acids is 1. The number of nitrogens with one attached hydrogen (secondary N) is 2. The Morgan fingerprint density at radius 2 is 1.71 bits per heavy atom. The van der Waals surface area contributed by atoms with Crippen LogP contribution in [-0.4, -0.2) is 16.6 Å². The number of aryl methyl sites for hydroxylation is 2. The molecule has 0 aliphatic heterocycles. The molecule has 0 aliphatic carbocycles. The van der Waals surface area contributed by atoms with E-state index in [-0.39, 0.29) is 64.7 Å². The minimum atomic E-state index is -1.39. The maximum atomic E-state index is 12.5. The van der Waals surface area contributed by atoms with E-state index in [2.05, 4.69) is 10.6 Å². The summed E-state index contributed by atoms with van der Waals surface area (Å²) in [5, 5.41) is 28.3. The number of carbonyl (C=O) groups excluding carboxylic acids is 2. The number of amides is 2. The Hall–Kier alpha value is -2.27. The van der Waals surface area contributed by atoms with Gasteiger partial charge in [0.2, 0.25) is 0 Å². The second-order valence-electron chi connectivity index (χ2n) is 7.15. The summed E-state index contributed by atoms with van der Waals surface area (Å²) in [5.74, 6) is -0.975. The fourth-order valence-electron chi connectivity index (χ4n) is 3.13. The average molecular weight is 481 g/mol. The summed E-state index contributed by atoms with van der Waals surface area (Å²) in [6.07, 6.45) is 0.836. The van der Waals surface area contributed by atoms with Crippen LogP contribution in [0.3, 0.4) is 0 Å². The first-order chi connectivity index (χ1) is 15.2. The molecule has 1 atom stereocenters. The number of carboxylic acids is 1. The molecule has 1 aromatic heterocycles. The van der Waals surface area contributed by atoms with Crippen LogP contribution in [0.1, 0.15) is 23.6 Å². The van der Waals surface area contributed by atoms with Crippen molar-refractivity contribution in [1.29, 1.82) is 0 Å². The molecular formula is C23H21N3Na2O6. The average Bonchev–Trinajstić information content (AvgIpc) is 2.75. The molecule has 1 heterocycles. The molecule has 34 heavy (non-hydrogen) atoms. The molecule has 1 unspecified atom stereocenters. The third-order valence-corrected chi connectivity index (χ3v) is 4.66. The van der Waals surface area contributed by atoms with Gasteiger partial charge in [0.05, 0.1) is 6.04 Å². The van der Waals surface area contributed by atoms with Crippen molar-refractivity contribution in [3.8, 4) is 17.2 Å². The van der Waals surface area contributed by atoms with Gasteiger partial charge in [0.15, 0.2) is 0 Å². The zero-order valence-corrected chi connectivity index (χ0v) is 23.5. The van der Waals surface area contributed by atoms with Crippen molar-refractivity contribution < 1.29 is 83.7 Å². The van der Waals surface area contributed by atoms with E-state index in [0.717, 1.165) is 0 Å². The number of hydrogen-bond donors (Lipinski definition) is 2. The quantitative estimate of drug-likeness (QED) is 0.327. The third-order valence-electron chi connectivity index (χ3n) is 4.66. The van der Waals surface area contributed by atoms with Crippen LogP contribution in [0.2, 0.25) is 0 Å². The topological polar surface area (TPSA) is 136 Å². The summed E-state index contributed by atoms with van der Waals surface area (Å²) in [4.78, 5) is 36.0. The second-order valence-corrected chi connectivity index (χ2v) is 7.15. The van der Waals surface area contributed by atoms with Crippen molar-refractivity contribution in [2.75, 3.05) is 5.32 Å². The van der Waals surface area contributed by atoms with E-state index in [9.17, 15) is 24.6 Å². The van der Waals surface area contributed by atoms with Gasteiger partial charge in [-0.3, -0.25) is 4.79 Å². The first-order valence-electron chi connectivity index (χ1n) is 9.72. The Morgan fingerprint density at radius 1 is 1.06 bits per heavy atom. The van der Waals surface area contributed by atoms with E-state index in [1.807, 2.05) is 18.2 Å². The Labute approximate surface area is 240 Å². The zero-order valence-electron chi connectivity index (χ0n) is 19.5. The van der Waals surface area contributed by atoms with Crippen LogP contribution in [0.15, 0.2) is 65.6 Å². The smallest absolute Gasteiger partial charge is 0.871 e. The van der Waals surface area contributed by atoms with Crippen molar-refractivity contribution in [2.45, 2.75) is 19.4 Å². The fourth-order valence-corrected chi connectivity index (χ4v) is 3.13. The van der Waals surface area contributed by atoms with Crippen LogP contribution >= 0.6 is 0 Å². The van der Waals surface area contributed by atoms with Crippen LogP contribution < -0.4 is 90.3 Å². The molecule has 11 heteroatoms. The number of carbonyl (C=O) groups is 2. The van der Waals surface area contributed by atoms with E-state index in [4.69, 9.17) is 4.74 Å². The van der Waals surface area contributed by atoms with Gasteiger partial charge in [-0.25, -0.2) is 4.79 Å². The minimum absolute atomic E-state index is 0. The summed E-state index contributed by atoms with van der Waals surface area (Å²) in [6, 6.07) is 13.6. The second kappa shape index (κ2) is 13.6. The van der Waals surface area contributed by atoms with Crippen molar-refractivity contribution in [3.63, 3.8) is 0 Å². The molecule has 3 rings (SSSR count). The first kappa shape index (κ1) is 29.8. The van der Waals surface area contributed by atoms with Crippen molar-refractivity contribution >= 4 is 17.7 Å². The number of ether oxygens (including phenoxy) is 1. The van der Waals surface area contributed by atoms with Crippen LogP contribution in [0.4, 0.5) is 10.5 Å². The SMILES string of the molecule is Cc1cn(C)c(=O)c(NC(=O)NC(CC(=O)[O-])c2cccc(Oc3ccccc3)c2)c1[O-].[Na+].[Na+]. The normalized spacial score (nSPS) is 10.8. The number of hydrogen-bond acceptors (Lipinski definition) is 6. The minimum Gasteiger partial charge on any atom is -0.871 e. The Morgan fingerprint density at radius 3 is 2.35 bits per heavy atom. The van der Waals surface area contributed by atoms with E-state index < -0.39 is 41.5 Å². The first-order valence-corrected chi connectivity index (χ1v) is 9.72. The molecule has 2 amide bonds. The molecule has 0 fully saturated rings. The maximum absolute atomic E-state index is 12.5. The molecular weight excluding hydrogens is 460 g/mol.